The summed E-state index contributed by atoms with van der Waals surface area (Å²) in [6.45, 7) is 0. The first-order valence-corrected chi connectivity index (χ1v) is 13.3. The number of carbonyl (C=O) groups excluding carboxylic acids is 1. The van der Waals surface area contributed by atoms with Crippen molar-refractivity contribution in [3.8, 4) is 10.6 Å². The topological polar surface area (TPSA) is 124 Å². The summed E-state index contributed by atoms with van der Waals surface area (Å²) in [5, 5.41) is 0. The molecule has 0 aliphatic carbocycles. The first kappa shape index (κ1) is 23.6. The third kappa shape index (κ3) is 5.31. The summed E-state index contributed by atoms with van der Waals surface area (Å²) in [5.74, 6) is -0.839. The molecule has 4 rings (SSSR count). The number of thiophene rings is 1. The van der Waals surface area contributed by atoms with Gasteiger partial charge in [0.1, 0.15) is 4.21 Å². The monoisotopic (exact) mass is 515 g/mol. The first-order chi connectivity index (χ1) is 16.3. The maximum absolute atomic E-state index is 12.9. The molecule has 0 unspecified atom stereocenters. The fourth-order valence-electron chi connectivity index (χ4n) is 2.79. The second-order valence-corrected chi connectivity index (χ2v) is 11.5. The molecule has 0 saturated heterocycles. The molecule has 34 heavy (non-hydrogen) atoms. The summed E-state index contributed by atoms with van der Waals surface area (Å²) in [6.07, 6.45) is 6.67. The Balaban J connectivity index is 1.42. The van der Waals surface area contributed by atoms with E-state index < -0.39 is 26.0 Å². The Bertz CT molecular complexity index is 1540. The Kier molecular flexibility index (Phi) is 6.75. The molecule has 1 N–H and O–H groups in total. The number of hydrogen-bond donors (Lipinski definition) is 1. The number of carbonyl (C=O) groups is 1. The SMILES string of the molecule is O=C(/C=C/c1ccn(S(=O)(=O)c2ccc(-c3ccccn3)s2)c1)NOS(=O)(=O)c1ccccc1. The van der Waals surface area contributed by atoms with Gasteiger partial charge >= 0.3 is 10.1 Å². The van der Waals surface area contributed by atoms with Crippen LogP contribution in [0.5, 0.6) is 0 Å². The van der Waals surface area contributed by atoms with Crippen molar-refractivity contribution in [3.05, 3.63) is 97.0 Å². The number of benzene rings is 1. The van der Waals surface area contributed by atoms with Crippen molar-refractivity contribution in [3.63, 3.8) is 0 Å². The van der Waals surface area contributed by atoms with Gasteiger partial charge in [0.05, 0.1) is 15.5 Å². The van der Waals surface area contributed by atoms with Crippen molar-refractivity contribution in [1.29, 1.82) is 0 Å². The summed E-state index contributed by atoms with van der Waals surface area (Å²) in [6, 6.07) is 17.4. The van der Waals surface area contributed by atoms with Crippen molar-refractivity contribution in [1.82, 2.24) is 14.4 Å². The van der Waals surface area contributed by atoms with Crippen LogP contribution in [0.4, 0.5) is 0 Å². The van der Waals surface area contributed by atoms with E-state index in [1.807, 2.05) is 11.5 Å². The Labute approximate surface area is 200 Å². The third-order valence-corrected chi connectivity index (χ3v) is 8.79. The summed E-state index contributed by atoms with van der Waals surface area (Å²) in [5.41, 5.74) is 2.91. The lowest BCUT2D eigenvalue weighted by Gasteiger charge is -2.04. The highest BCUT2D eigenvalue weighted by molar-refractivity contribution is 7.92. The molecule has 0 radical (unpaired) electrons. The fourth-order valence-corrected chi connectivity index (χ4v) is 6.16. The van der Waals surface area contributed by atoms with Crippen molar-refractivity contribution >= 4 is 43.5 Å². The minimum absolute atomic E-state index is 0.110. The van der Waals surface area contributed by atoms with Crippen LogP contribution in [-0.2, 0) is 29.2 Å². The Hall–Kier alpha value is -3.58. The molecule has 4 aromatic rings. The lowest BCUT2D eigenvalue weighted by Crippen LogP contribution is -2.25. The zero-order chi connectivity index (χ0) is 24.2. The molecular formula is C22H17N3O6S3. The van der Waals surface area contributed by atoms with E-state index in [1.165, 1.54) is 54.9 Å². The van der Waals surface area contributed by atoms with Crippen LogP contribution in [-0.4, -0.2) is 31.7 Å². The number of hydrogen-bond acceptors (Lipinski definition) is 8. The summed E-state index contributed by atoms with van der Waals surface area (Å²) >= 11 is 1.10. The number of aromatic nitrogens is 2. The van der Waals surface area contributed by atoms with E-state index >= 15 is 0 Å². The molecule has 3 heterocycles. The van der Waals surface area contributed by atoms with Gasteiger partial charge in [0.2, 0.25) is 0 Å². The summed E-state index contributed by atoms with van der Waals surface area (Å²) in [7, 11) is -7.99. The number of nitrogens with zero attached hydrogens (tertiary/aromatic N) is 2. The highest BCUT2D eigenvalue weighted by Crippen LogP contribution is 2.30. The molecule has 12 heteroatoms. The largest absolute Gasteiger partial charge is 0.317 e. The van der Waals surface area contributed by atoms with Gasteiger partial charge in [-0.15, -0.1) is 15.6 Å². The molecule has 3 aromatic heterocycles. The van der Waals surface area contributed by atoms with Crippen LogP contribution in [0.3, 0.4) is 0 Å². The average Bonchev–Trinajstić information content (AvgIpc) is 3.54. The Morgan fingerprint density at radius 3 is 2.47 bits per heavy atom. The van der Waals surface area contributed by atoms with Crippen molar-refractivity contribution in [2.45, 2.75) is 9.10 Å². The predicted octanol–water partition coefficient (Wildman–Crippen LogP) is 3.30. The van der Waals surface area contributed by atoms with Gasteiger partial charge in [-0.3, -0.25) is 9.78 Å². The van der Waals surface area contributed by atoms with Gasteiger partial charge in [0.25, 0.3) is 15.9 Å². The van der Waals surface area contributed by atoms with E-state index in [2.05, 4.69) is 9.27 Å². The van der Waals surface area contributed by atoms with Crippen LogP contribution >= 0.6 is 11.3 Å². The van der Waals surface area contributed by atoms with E-state index in [4.69, 9.17) is 0 Å². The number of nitrogens with one attached hydrogen (secondary N) is 1. The molecule has 0 atom stereocenters. The van der Waals surface area contributed by atoms with Crippen LogP contribution in [0.2, 0.25) is 0 Å². The predicted molar refractivity (Wildman–Crippen MR) is 126 cm³/mol. The lowest BCUT2D eigenvalue weighted by molar-refractivity contribution is -0.122. The Morgan fingerprint density at radius 1 is 0.971 bits per heavy atom. The maximum Gasteiger partial charge on any atom is 0.317 e. The smallest absolute Gasteiger partial charge is 0.268 e. The van der Waals surface area contributed by atoms with Gasteiger partial charge in [0, 0.05) is 24.7 Å². The van der Waals surface area contributed by atoms with Gasteiger partial charge < -0.3 is 0 Å². The maximum atomic E-state index is 12.9. The molecule has 0 spiro atoms. The third-order valence-electron chi connectivity index (χ3n) is 4.43. The quantitative estimate of drug-likeness (QED) is 0.282. The van der Waals surface area contributed by atoms with Crippen LogP contribution in [0.15, 0.2) is 101 Å². The molecule has 0 bridgehead atoms. The van der Waals surface area contributed by atoms with Crippen LogP contribution in [0.1, 0.15) is 5.56 Å². The highest BCUT2D eigenvalue weighted by atomic mass is 32.2. The van der Waals surface area contributed by atoms with Gasteiger partial charge in [-0.25, -0.2) is 9.45 Å². The minimum atomic E-state index is -4.15. The van der Waals surface area contributed by atoms with Gasteiger partial charge in [-0.05, 0) is 54.1 Å². The van der Waals surface area contributed by atoms with Crippen molar-refractivity contribution < 1.29 is 25.9 Å². The van der Waals surface area contributed by atoms with E-state index in [-0.39, 0.29) is 9.10 Å². The van der Waals surface area contributed by atoms with E-state index in [1.54, 1.807) is 30.5 Å². The number of hydroxylamine groups is 1. The molecule has 0 aliphatic heterocycles. The first-order valence-electron chi connectivity index (χ1n) is 9.67. The van der Waals surface area contributed by atoms with Gasteiger partial charge in [-0.2, -0.15) is 16.8 Å². The Morgan fingerprint density at radius 2 is 1.74 bits per heavy atom. The zero-order valence-corrected chi connectivity index (χ0v) is 19.8. The fraction of sp³-hybridized carbons (Fsp3) is 0. The average molecular weight is 516 g/mol. The molecular weight excluding hydrogens is 498 g/mol. The number of amides is 1. The molecule has 9 nitrogen and oxygen atoms in total. The molecule has 0 aliphatic rings. The molecule has 0 fully saturated rings. The normalized spacial score (nSPS) is 12.1. The number of pyridine rings is 1. The van der Waals surface area contributed by atoms with Crippen LogP contribution in [0.25, 0.3) is 16.6 Å². The van der Waals surface area contributed by atoms with E-state index in [0.717, 1.165) is 21.4 Å². The second kappa shape index (κ2) is 9.73. The van der Waals surface area contributed by atoms with Crippen LogP contribution < -0.4 is 5.48 Å². The molecule has 174 valence electrons. The summed E-state index contributed by atoms with van der Waals surface area (Å²) in [4.78, 5) is 16.8. The van der Waals surface area contributed by atoms with Gasteiger partial charge in [-0.1, -0.05) is 24.3 Å². The molecule has 1 amide bonds. The molecule has 1 aromatic carbocycles. The number of rotatable bonds is 8. The van der Waals surface area contributed by atoms with Crippen molar-refractivity contribution in [2.24, 2.45) is 0 Å². The second-order valence-electron chi connectivity index (χ2n) is 6.76. The van der Waals surface area contributed by atoms with E-state index in [0.29, 0.717) is 16.1 Å². The van der Waals surface area contributed by atoms with Crippen molar-refractivity contribution in [2.75, 3.05) is 0 Å². The summed E-state index contributed by atoms with van der Waals surface area (Å²) < 4.78 is 55.6. The highest BCUT2D eigenvalue weighted by Gasteiger charge is 2.20. The minimum Gasteiger partial charge on any atom is -0.268 e. The molecule has 0 saturated carbocycles. The zero-order valence-electron chi connectivity index (χ0n) is 17.3. The lowest BCUT2D eigenvalue weighted by atomic mass is 10.3. The van der Waals surface area contributed by atoms with Gasteiger partial charge in [0.15, 0.2) is 0 Å². The van der Waals surface area contributed by atoms with Crippen LogP contribution in [0, 0.1) is 0 Å². The standard InChI is InChI=1S/C22H17N3O6S3/c26-21(24-31-34(29,30)18-6-2-1-3-7-18)11-9-17-13-15-25(16-17)33(27,28)22-12-10-20(32-22)19-8-4-5-14-23-19/h1-16H,(H,24,26)/b11-9+. The van der Waals surface area contributed by atoms with E-state index in [9.17, 15) is 21.6 Å².